The van der Waals surface area contributed by atoms with Crippen molar-refractivity contribution in [2.24, 2.45) is 0 Å². The van der Waals surface area contributed by atoms with E-state index in [2.05, 4.69) is 4.98 Å². The van der Waals surface area contributed by atoms with Crippen LogP contribution in [0, 0.1) is 20.2 Å². The average molecular weight is 371 g/mol. The summed E-state index contributed by atoms with van der Waals surface area (Å²) < 4.78 is 0. The minimum Gasteiger partial charge on any atom is -0.288 e. The lowest BCUT2D eigenvalue weighted by Gasteiger charge is -2.20. The molecule has 1 aromatic heterocycles. The zero-order valence-corrected chi connectivity index (χ0v) is 14.1. The number of benzene rings is 3. The van der Waals surface area contributed by atoms with Gasteiger partial charge in [0.05, 0.1) is 20.9 Å². The first-order chi connectivity index (χ1) is 13.5. The first-order valence-electron chi connectivity index (χ1n) is 8.29. The lowest BCUT2D eigenvalue weighted by molar-refractivity contribution is -0.385. The summed E-state index contributed by atoms with van der Waals surface area (Å²) in [4.78, 5) is 39.2. The number of carbonyl (C=O) groups excluding carboxylic acids is 1. The summed E-state index contributed by atoms with van der Waals surface area (Å²) >= 11 is 0. The van der Waals surface area contributed by atoms with E-state index in [0.29, 0.717) is 27.6 Å². The van der Waals surface area contributed by atoms with E-state index in [0.717, 1.165) is 5.39 Å². The minimum absolute atomic E-state index is 0.153. The number of nitro groups is 2. The molecule has 0 N–H and O–H groups in total. The van der Waals surface area contributed by atoms with Gasteiger partial charge in [-0.3, -0.25) is 30.0 Å². The van der Waals surface area contributed by atoms with Gasteiger partial charge in [0.2, 0.25) is 0 Å². The highest BCUT2D eigenvalue weighted by Gasteiger charge is 2.31. The fraction of sp³-hybridized carbons (Fsp3) is 0. The van der Waals surface area contributed by atoms with Crippen molar-refractivity contribution in [2.75, 3.05) is 0 Å². The average Bonchev–Trinajstić information content (AvgIpc) is 2.70. The molecule has 0 unspecified atom stereocenters. The third-order valence-corrected chi connectivity index (χ3v) is 4.98. The molecule has 1 heterocycles. The quantitative estimate of drug-likeness (QED) is 0.335. The molecule has 0 atom stereocenters. The first-order valence-corrected chi connectivity index (χ1v) is 8.29. The van der Waals surface area contributed by atoms with E-state index in [-0.39, 0.29) is 28.1 Å². The van der Waals surface area contributed by atoms with Gasteiger partial charge in [-0.2, -0.15) is 0 Å². The van der Waals surface area contributed by atoms with Crippen LogP contribution in [0.2, 0.25) is 0 Å². The van der Waals surface area contributed by atoms with Gasteiger partial charge in [0.15, 0.2) is 5.78 Å². The van der Waals surface area contributed by atoms with Crippen LogP contribution in [0.5, 0.6) is 0 Å². The molecule has 0 amide bonds. The van der Waals surface area contributed by atoms with Crippen molar-refractivity contribution in [2.45, 2.75) is 0 Å². The van der Waals surface area contributed by atoms with E-state index < -0.39 is 9.85 Å². The van der Waals surface area contributed by atoms with Crippen LogP contribution in [0.3, 0.4) is 0 Å². The second kappa shape index (κ2) is 5.40. The Morgan fingerprint density at radius 2 is 1.46 bits per heavy atom. The number of nitrogens with zero attached hydrogens (tertiary/aromatic N) is 3. The molecule has 0 fully saturated rings. The zero-order chi connectivity index (χ0) is 19.6. The topological polar surface area (TPSA) is 116 Å². The highest BCUT2D eigenvalue weighted by Crippen LogP contribution is 2.44. The maximum absolute atomic E-state index is 13.3. The molecule has 134 valence electrons. The Labute approximate surface area is 156 Å². The third-order valence-electron chi connectivity index (χ3n) is 4.98. The van der Waals surface area contributed by atoms with Crippen molar-refractivity contribution in [1.82, 2.24) is 4.98 Å². The van der Waals surface area contributed by atoms with E-state index in [4.69, 9.17) is 0 Å². The number of carbonyl (C=O) groups is 1. The number of nitro benzene ring substituents is 2. The van der Waals surface area contributed by atoms with E-state index in [1.807, 2.05) is 6.07 Å². The molecular formula is C20H9N3O5. The summed E-state index contributed by atoms with van der Waals surface area (Å²) in [5, 5.41) is 24.3. The molecule has 0 radical (unpaired) electrons. The summed E-state index contributed by atoms with van der Waals surface area (Å²) in [5.41, 5.74) is 1.45. The normalized spacial score (nSPS) is 12.2. The van der Waals surface area contributed by atoms with Crippen LogP contribution >= 0.6 is 0 Å². The summed E-state index contributed by atoms with van der Waals surface area (Å²) in [6.45, 7) is 0. The molecule has 8 heteroatoms. The fourth-order valence-corrected chi connectivity index (χ4v) is 3.82. The maximum Gasteiger partial charge on any atom is 0.270 e. The number of hydrogen-bond acceptors (Lipinski definition) is 6. The Hall–Kier alpha value is -4.20. The standard InChI is InChI=1S/C20H9N3O5/c24-20-16-9-13(23(27)28)7-11-6-12(22(25)26)8-15(17(11)16)14-4-3-10-2-1-5-21-19(10)18(14)20/h1-9H. The van der Waals surface area contributed by atoms with Gasteiger partial charge in [-0.15, -0.1) is 0 Å². The molecule has 8 nitrogen and oxygen atoms in total. The van der Waals surface area contributed by atoms with Crippen LogP contribution in [0.4, 0.5) is 11.4 Å². The number of fused-ring (bicyclic) bond motifs is 4. The van der Waals surface area contributed by atoms with Crippen LogP contribution < -0.4 is 0 Å². The Balaban J connectivity index is 2.00. The third kappa shape index (κ3) is 2.05. The molecule has 1 aliphatic carbocycles. The van der Waals surface area contributed by atoms with E-state index in [1.165, 1.54) is 24.3 Å². The van der Waals surface area contributed by atoms with Crippen LogP contribution in [0.25, 0.3) is 32.8 Å². The van der Waals surface area contributed by atoms with Gasteiger partial charge in [0.25, 0.3) is 11.4 Å². The fourth-order valence-electron chi connectivity index (χ4n) is 3.82. The Morgan fingerprint density at radius 1 is 0.786 bits per heavy atom. The Bertz CT molecular complexity index is 1390. The van der Waals surface area contributed by atoms with Crippen LogP contribution in [-0.4, -0.2) is 20.6 Å². The van der Waals surface area contributed by atoms with Crippen molar-refractivity contribution < 1.29 is 14.6 Å². The molecule has 28 heavy (non-hydrogen) atoms. The molecule has 0 aliphatic heterocycles. The second-order valence-corrected chi connectivity index (χ2v) is 6.49. The lowest BCUT2D eigenvalue weighted by atomic mass is 9.81. The van der Waals surface area contributed by atoms with Gasteiger partial charge in [-0.05, 0) is 22.6 Å². The Kier molecular flexibility index (Phi) is 3.09. The van der Waals surface area contributed by atoms with E-state index in [1.54, 1.807) is 24.4 Å². The van der Waals surface area contributed by atoms with Crippen LogP contribution in [-0.2, 0) is 0 Å². The summed E-state index contributed by atoms with van der Waals surface area (Å²) in [6.07, 6.45) is 1.56. The van der Waals surface area contributed by atoms with Crippen LogP contribution in [0.1, 0.15) is 15.9 Å². The molecule has 0 saturated heterocycles. The summed E-state index contributed by atoms with van der Waals surface area (Å²) in [7, 11) is 0. The highest BCUT2D eigenvalue weighted by atomic mass is 16.6. The van der Waals surface area contributed by atoms with E-state index >= 15 is 0 Å². The molecule has 0 spiro atoms. The largest absolute Gasteiger partial charge is 0.288 e. The van der Waals surface area contributed by atoms with Crippen molar-refractivity contribution >= 4 is 38.8 Å². The van der Waals surface area contributed by atoms with Crippen molar-refractivity contribution in [3.63, 3.8) is 0 Å². The lowest BCUT2D eigenvalue weighted by Crippen LogP contribution is -2.12. The predicted octanol–water partition coefficient (Wildman–Crippen LogP) is 4.42. The SMILES string of the molecule is O=C1c2c(ccc3cccnc23)-c2cc([N+](=O)[O-])cc3cc([N+](=O)[O-])cc1c23. The monoisotopic (exact) mass is 371 g/mol. The minimum atomic E-state index is -0.613. The molecule has 4 aromatic rings. The number of hydrogen-bond donors (Lipinski definition) is 0. The highest BCUT2D eigenvalue weighted by molar-refractivity contribution is 6.30. The van der Waals surface area contributed by atoms with Gasteiger partial charge in [-0.25, -0.2) is 0 Å². The predicted molar refractivity (Wildman–Crippen MR) is 101 cm³/mol. The summed E-state index contributed by atoms with van der Waals surface area (Å²) in [6, 6.07) is 12.2. The molecule has 0 bridgehead atoms. The molecular weight excluding hydrogens is 362 g/mol. The smallest absolute Gasteiger partial charge is 0.270 e. The van der Waals surface area contributed by atoms with Crippen LogP contribution in [0.15, 0.2) is 54.7 Å². The van der Waals surface area contributed by atoms with E-state index in [9.17, 15) is 25.0 Å². The first kappa shape index (κ1) is 16.0. The maximum atomic E-state index is 13.3. The second-order valence-electron chi connectivity index (χ2n) is 6.49. The Morgan fingerprint density at radius 3 is 2.14 bits per heavy atom. The number of pyridine rings is 1. The summed E-state index contributed by atoms with van der Waals surface area (Å²) in [5.74, 6) is -0.380. The molecule has 3 aromatic carbocycles. The van der Waals surface area contributed by atoms with Gasteiger partial charge in [-0.1, -0.05) is 18.2 Å². The zero-order valence-electron chi connectivity index (χ0n) is 14.1. The number of aromatic nitrogens is 1. The van der Waals surface area contributed by atoms with Gasteiger partial charge in [0.1, 0.15) is 0 Å². The van der Waals surface area contributed by atoms with Crippen molar-refractivity contribution in [1.29, 1.82) is 0 Å². The number of rotatable bonds is 2. The van der Waals surface area contributed by atoms with Crippen molar-refractivity contribution in [3.8, 4) is 11.1 Å². The number of ketones is 1. The molecule has 0 saturated carbocycles. The van der Waals surface area contributed by atoms with Gasteiger partial charge in [0, 0.05) is 46.8 Å². The number of non-ortho nitro benzene ring substituents is 2. The molecule has 1 aliphatic rings. The molecule has 5 rings (SSSR count). The van der Waals surface area contributed by atoms with Crippen molar-refractivity contribution in [3.05, 3.63) is 86.1 Å². The van der Waals surface area contributed by atoms with Gasteiger partial charge >= 0.3 is 0 Å². The van der Waals surface area contributed by atoms with Gasteiger partial charge < -0.3 is 0 Å².